The highest BCUT2D eigenvalue weighted by atomic mass is 15.3. The lowest BCUT2D eigenvalue weighted by molar-refractivity contribution is 0.195. The molecule has 4 heterocycles. The minimum atomic E-state index is -0.187. The van der Waals surface area contributed by atoms with Crippen molar-refractivity contribution in [2.45, 2.75) is 188 Å². The van der Waals surface area contributed by atoms with E-state index in [1.54, 1.807) is 5.56 Å². The number of aryl methyl sites for hydroxylation is 2. The smallest absolute Gasteiger partial charge is 0.252 e. The van der Waals surface area contributed by atoms with Gasteiger partial charge in [0, 0.05) is 55.7 Å². The molecule has 2 aliphatic carbocycles. The fourth-order valence-corrected chi connectivity index (χ4v) is 14.5. The Morgan fingerprint density at radius 2 is 1.10 bits per heavy atom. The van der Waals surface area contributed by atoms with E-state index in [4.69, 9.17) is 0 Å². The molecule has 0 spiro atoms. The standard InChI is InChI=1S/C67H78BN3/c1-39-31-41(61(3,4)5)25-27-52(39)69(53-28-26-42(32-40(53)2)62(6,7)8)45-37-54-57-55(38-45)71-60-49(66(17)29-21-22-30-67(66,71)18)34-44(64(12,13)14)36-51(60)68(57)50-35-43(63(9,10)11)33-47-56-59(70(54)58(47)50)46-23-19-20-24-48(46)65(56,15)16/h19-20,23-28,31-38H,21-22,29-30H2,1-18H3. The molecule has 3 nitrogen and oxygen atoms in total. The van der Waals surface area contributed by atoms with Gasteiger partial charge in [0.2, 0.25) is 0 Å². The lowest BCUT2D eigenvalue weighted by Gasteiger charge is -2.52. The topological polar surface area (TPSA) is 11.4 Å². The lowest BCUT2D eigenvalue weighted by Crippen LogP contribution is -2.64. The summed E-state index contributed by atoms with van der Waals surface area (Å²) < 4.78 is 2.79. The molecule has 0 amide bonds. The predicted molar refractivity (Wildman–Crippen MR) is 307 cm³/mol. The second kappa shape index (κ2) is 14.4. The van der Waals surface area contributed by atoms with E-state index in [1.165, 1.54) is 136 Å². The third kappa shape index (κ3) is 6.21. The molecule has 2 unspecified atom stereocenters. The van der Waals surface area contributed by atoms with Crippen LogP contribution < -0.4 is 26.2 Å². The number of benzene rings is 6. The van der Waals surface area contributed by atoms with Crippen LogP contribution in [0.2, 0.25) is 0 Å². The van der Waals surface area contributed by atoms with Gasteiger partial charge in [-0.1, -0.05) is 183 Å². The van der Waals surface area contributed by atoms with Crippen LogP contribution in [-0.2, 0) is 32.5 Å². The molecule has 2 atom stereocenters. The zero-order valence-corrected chi connectivity index (χ0v) is 46.5. The van der Waals surface area contributed by atoms with Crippen molar-refractivity contribution in [3.63, 3.8) is 0 Å². The Kier molecular flexibility index (Phi) is 9.44. The number of aromatic nitrogens is 1. The van der Waals surface area contributed by atoms with Crippen LogP contribution in [0, 0.1) is 13.8 Å². The Labute approximate surface area is 427 Å². The lowest BCUT2D eigenvalue weighted by atomic mass is 9.33. The maximum absolute atomic E-state index is 2.95. The second-order valence-corrected chi connectivity index (χ2v) is 28.0. The molecule has 1 aromatic heterocycles. The van der Waals surface area contributed by atoms with Crippen molar-refractivity contribution in [2.75, 3.05) is 9.80 Å². The molecule has 12 rings (SSSR count). The van der Waals surface area contributed by atoms with Crippen LogP contribution in [-0.4, -0.2) is 16.8 Å². The quantitative estimate of drug-likeness (QED) is 0.164. The van der Waals surface area contributed by atoms with Gasteiger partial charge in [0.1, 0.15) is 0 Å². The van der Waals surface area contributed by atoms with Gasteiger partial charge in [-0.15, -0.1) is 0 Å². The summed E-state index contributed by atoms with van der Waals surface area (Å²) >= 11 is 0. The van der Waals surface area contributed by atoms with Crippen molar-refractivity contribution in [2.24, 2.45) is 0 Å². The molecule has 4 heteroatoms. The number of rotatable bonds is 3. The first-order valence-electron chi connectivity index (χ1n) is 27.1. The summed E-state index contributed by atoms with van der Waals surface area (Å²) in [5, 5.41) is 1.42. The average molecular weight is 936 g/mol. The van der Waals surface area contributed by atoms with Gasteiger partial charge in [0.05, 0.1) is 16.9 Å². The van der Waals surface area contributed by atoms with E-state index >= 15 is 0 Å². The molecule has 0 saturated heterocycles. The van der Waals surface area contributed by atoms with Crippen LogP contribution >= 0.6 is 0 Å². The van der Waals surface area contributed by atoms with Crippen LogP contribution in [0.5, 0.6) is 0 Å². The summed E-state index contributed by atoms with van der Waals surface area (Å²) in [6.45, 7) is 43.6. The first-order chi connectivity index (χ1) is 33.1. The maximum Gasteiger partial charge on any atom is 0.252 e. The number of anilines is 5. The number of hydrogen-bond donors (Lipinski definition) is 0. The third-order valence-electron chi connectivity index (χ3n) is 18.9. The molecule has 1 fully saturated rings. The van der Waals surface area contributed by atoms with E-state index in [-0.39, 0.29) is 44.7 Å². The van der Waals surface area contributed by atoms with Crippen LogP contribution in [0.3, 0.4) is 0 Å². The van der Waals surface area contributed by atoms with Crippen molar-refractivity contribution >= 4 is 62.4 Å². The molecule has 0 N–H and O–H groups in total. The Hall–Kier alpha value is -5.48. The van der Waals surface area contributed by atoms with E-state index in [1.807, 2.05) is 0 Å². The van der Waals surface area contributed by atoms with Crippen LogP contribution in [0.1, 0.15) is 187 Å². The normalized spacial score (nSPS) is 20.5. The molecule has 6 aromatic carbocycles. The van der Waals surface area contributed by atoms with E-state index in [0.717, 1.165) is 6.42 Å². The van der Waals surface area contributed by atoms with Crippen LogP contribution in [0.15, 0.2) is 97.1 Å². The second-order valence-electron chi connectivity index (χ2n) is 28.0. The minimum absolute atomic E-state index is 0.0129. The first kappa shape index (κ1) is 46.6. The number of fused-ring (bicyclic) bond motifs is 12. The van der Waals surface area contributed by atoms with Gasteiger partial charge >= 0.3 is 0 Å². The van der Waals surface area contributed by atoms with Gasteiger partial charge in [-0.2, -0.15) is 0 Å². The van der Waals surface area contributed by atoms with Crippen molar-refractivity contribution in [1.29, 1.82) is 0 Å². The average Bonchev–Trinajstić information content (AvgIpc) is 3.83. The van der Waals surface area contributed by atoms with Gasteiger partial charge in [0.25, 0.3) is 6.71 Å². The van der Waals surface area contributed by atoms with Gasteiger partial charge in [-0.3, -0.25) is 0 Å². The van der Waals surface area contributed by atoms with Crippen molar-refractivity contribution in [3.8, 4) is 16.9 Å². The Morgan fingerprint density at radius 1 is 0.549 bits per heavy atom. The first-order valence-corrected chi connectivity index (χ1v) is 27.1. The Balaban J connectivity index is 1.28. The predicted octanol–water partition coefficient (Wildman–Crippen LogP) is 16.1. The Bertz CT molecular complexity index is 3400. The van der Waals surface area contributed by atoms with Crippen molar-refractivity contribution in [3.05, 3.63) is 147 Å². The maximum atomic E-state index is 2.95. The van der Waals surface area contributed by atoms with Crippen LogP contribution in [0.25, 0.3) is 27.8 Å². The summed E-state index contributed by atoms with van der Waals surface area (Å²) in [6.07, 6.45) is 4.86. The van der Waals surface area contributed by atoms with Gasteiger partial charge in [-0.05, 0) is 152 Å². The van der Waals surface area contributed by atoms with Gasteiger partial charge in [-0.25, -0.2) is 0 Å². The molecule has 7 aromatic rings. The molecular weight excluding hydrogens is 858 g/mol. The van der Waals surface area contributed by atoms with Crippen molar-refractivity contribution < 1.29 is 0 Å². The summed E-state index contributed by atoms with van der Waals surface area (Å²) in [6, 6.07) is 39.8. The molecule has 0 bridgehead atoms. The molecule has 5 aliphatic rings. The highest BCUT2D eigenvalue weighted by Gasteiger charge is 2.62. The summed E-state index contributed by atoms with van der Waals surface area (Å²) in [5.41, 5.74) is 28.8. The molecular formula is C67H78BN3. The molecule has 0 radical (unpaired) electrons. The van der Waals surface area contributed by atoms with E-state index < -0.39 is 0 Å². The van der Waals surface area contributed by atoms with Crippen LogP contribution in [0.4, 0.5) is 28.4 Å². The largest absolute Gasteiger partial charge is 0.335 e. The van der Waals surface area contributed by atoms with E-state index in [2.05, 4.69) is 236 Å². The molecule has 71 heavy (non-hydrogen) atoms. The fraction of sp³-hybridized carbons (Fsp3) is 0.433. The SMILES string of the molecule is Cc1cc(C(C)(C)C)ccc1N(c1cc2c3c(c1)-n1c4c(c5cc(C(C)(C)C)cc(c51)B3c1cc(C(C)(C)C)cc3c1N2C1(C)CCCCC31C)C(C)(C)c1ccccc1-4)c1ccc(C(C)(C)C)cc1C. The molecule has 364 valence electrons. The highest BCUT2D eigenvalue weighted by Crippen LogP contribution is 2.63. The molecule has 3 aliphatic heterocycles. The molecule has 1 saturated carbocycles. The summed E-state index contributed by atoms with van der Waals surface area (Å²) in [5.74, 6) is 0. The summed E-state index contributed by atoms with van der Waals surface area (Å²) in [7, 11) is 0. The number of hydrogen-bond acceptors (Lipinski definition) is 2. The van der Waals surface area contributed by atoms with Crippen molar-refractivity contribution in [1.82, 2.24) is 4.57 Å². The van der Waals surface area contributed by atoms with E-state index in [0.29, 0.717) is 0 Å². The zero-order chi connectivity index (χ0) is 50.7. The zero-order valence-electron chi connectivity index (χ0n) is 46.5. The Morgan fingerprint density at radius 3 is 1.69 bits per heavy atom. The third-order valence-corrected chi connectivity index (χ3v) is 18.9. The number of nitrogens with zero attached hydrogens (tertiary/aromatic N) is 3. The van der Waals surface area contributed by atoms with E-state index in [9.17, 15) is 0 Å². The fourth-order valence-electron chi connectivity index (χ4n) is 14.5. The summed E-state index contributed by atoms with van der Waals surface area (Å²) in [4.78, 5) is 5.59. The van der Waals surface area contributed by atoms with Gasteiger partial charge in [0.15, 0.2) is 0 Å². The minimum Gasteiger partial charge on any atom is -0.335 e. The highest BCUT2D eigenvalue weighted by molar-refractivity contribution is 7.00. The monoisotopic (exact) mass is 936 g/mol. The van der Waals surface area contributed by atoms with Gasteiger partial charge < -0.3 is 14.4 Å².